The topological polar surface area (TPSA) is 96.6 Å². The molecule has 1 atom stereocenters. The van der Waals surface area contributed by atoms with E-state index in [4.69, 9.17) is 0 Å². The summed E-state index contributed by atoms with van der Waals surface area (Å²) < 4.78 is 1.21. The zero-order chi connectivity index (χ0) is 16.1. The number of anilines is 1. The zero-order valence-corrected chi connectivity index (χ0v) is 13.5. The molecule has 120 valence electrons. The van der Waals surface area contributed by atoms with Crippen LogP contribution >= 0.6 is 11.3 Å². The molecule has 0 aliphatic carbocycles. The van der Waals surface area contributed by atoms with E-state index in [2.05, 4.69) is 15.4 Å². The second-order valence-electron chi connectivity index (χ2n) is 5.11. The maximum absolute atomic E-state index is 12.0. The minimum absolute atomic E-state index is 0.238. The second-order valence-corrected chi connectivity index (χ2v) is 6.07. The van der Waals surface area contributed by atoms with E-state index in [1.165, 1.54) is 21.9 Å². The molecule has 0 aliphatic rings. The number of aryl methyl sites for hydroxylation is 1. The lowest BCUT2D eigenvalue weighted by Gasteiger charge is -2.12. The van der Waals surface area contributed by atoms with Crippen molar-refractivity contribution in [3.05, 3.63) is 22.1 Å². The van der Waals surface area contributed by atoms with Gasteiger partial charge in [0.2, 0.25) is 10.1 Å². The predicted molar refractivity (Wildman–Crippen MR) is 85.7 cm³/mol. The standard InChI is InChI=1S/C14H20N4O3S/c1-3-5-7-10(12(20)21)16-13-17-18-11(19)8-9(6-4-2)15-14(18)22-13/h8,10H,3-7H2,1-2H3,(H,16,17)(H,20,21)/t10-/m0/s1. The Balaban J connectivity index is 2.26. The number of fused-ring (bicyclic) bond motifs is 1. The van der Waals surface area contributed by atoms with E-state index in [0.717, 1.165) is 31.4 Å². The number of unbranched alkanes of at least 4 members (excludes halogenated alkanes) is 1. The second kappa shape index (κ2) is 7.35. The Hall–Kier alpha value is -1.96. The highest BCUT2D eigenvalue weighted by molar-refractivity contribution is 7.20. The van der Waals surface area contributed by atoms with E-state index in [0.29, 0.717) is 16.5 Å². The van der Waals surface area contributed by atoms with E-state index in [1.807, 2.05) is 13.8 Å². The summed E-state index contributed by atoms with van der Waals surface area (Å²) in [5.74, 6) is -0.917. The van der Waals surface area contributed by atoms with Crippen LogP contribution in [0.5, 0.6) is 0 Å². The average Bonchev–Trinajstić information content (AvgIpc) is 2.86. The average molecular weight is 324 g/mol. The van der Waals surface area contributed by atoms with Gasteiger partial charge in [0.15, 0.2) is 0 Å². The quantitative estimate of drug-likeness (QED) is 0.772. The molecule has 0 amide bonds. The molecule has 0 aromatic carbocycles. The maximum atomic E-state index is 12.0. The van der Waals surface area contributed by atoms with Crippen LogP contribution in [0.2, 0.25) is 0 Å². The van der Waals surface area contributed by atoms with Crippen LogP contribution in [-0.2, 0) is 11.2 Å². The first-order valence-electron chi connectivity index (χ1n) is 7.44. The lowest BCUT2D eigenvalue weighted by molar-refractivity contribution is -0.138. The third kappa shape index (κ3) is 3.82. The summed E-state index contributed by atoms with van der Waals surface area (Å²) in [6.45, 7) is 4.03. The van der Waals surface area contributed by atoms with Gasteiger partial charge in [-0.1, -0.05) is 44.4 Å². The van der Waals surface area contributed by atoms with Gasteiger partial charge in [-0.3, -0.25) is 4.79 Å². The summed E-state index contributed by atoms with van der Waals surface area (Å²) in [4.78, 5) is 28.1. The monoisotopic (exact) mass is 324 g/mol. The van der Waals surface area contributed by atoms with Crippen LogP contribution in [-0.4, -0.2) is 31.7 Å². The van der Waals surface area contributed by atoms with E-state index in [9.17, 15) is 14.7 Å². The van der Waals surface area contributed by atoms with Crippen LogP contribution in [0, 0.1) is 0 Å². The number of carboxylic acids is 1. The first-order valence-corrected chi connectivity index (χ1v) is 8.26. The number of nitrogens with zero attached hydrogens (tertiary/aromatic N) is 3. The third-order valence-corrected chi connectivity index (χ3v) is 4.09. The SMILES string of the molecule is CCCC[C@H](Nc1nn2c(=O)cc(CCC)nc2s1)C(=O)O. The van der Waals surface area contributed by atoms with Crippen molar-refractivity contribution in [2.75, 3.05) is 5.32 Å². The first-order chi connectivity index (χ1) is 10.5. The highest BCUT2D eigenvalue weighted by Gasteiger charge is 2.19. The highest BCUT2D eigenvalue weighted by atomic mass is 32.1. The predicted octanol–water partition coefficient (Wildman–Crippen LogP) is 2.16. The number of hydrogen-bond donors (Lipinski definition) is 2. The van der Waals surface area contributed by atoms with Crippen LogP contribution in [0.15, 0.2) is 10.9 Å². The number of rotatable bonds is 8. The van der Waals surface area contributed by atoms with Gasteiger partial charge in [-0.25, -0.2) is 9.78 Å². The summed E-state index contributed by atoms with van der Waals surface area (Å²) in [6, 6.07) is 0.775. The molecule has 2 heterocycles. The maximum Gasteiger partial charge on any atom is 0.326 e. The molecule has 2 aromatic heterocycles. The van der Waals surface area contributed by atoms with Gasteiger partial charge >= 0.3 is 5.97 Å². The zero-order valence-electron chi connectivity index (χ0n) is 12.7. The number of nitrogens with one attached hydrogen (secondary N) is 1. The molecule has 7 nitrogen and oxygen atoms in total. The van der Waals surface area contributed by atoms with E-state index in [-0.39, 0.29) is 5.56 Å². The van der Waals surface area contributed by atoms with Crippen molar-refractivity contribution in [1.29, 1.82) is 0 Å². The molecule has 0 aliphatic heterocycles. The van der Waals surface area contributed by atoms with E-state index in [1.54, 1.807) is 0 Å². The fraction of sp³-hybridized carbons (Fsp3) is 0.571. The number of carboxylic acid groups (broad SMARTS) is 1. The highest BCUT2D eigenvalue weighted by Crippen LogP contribution is 2.19. The Labute approximate surface area is 132 Å². The van der Waals surface area contributed by atoms with Crippen molar-refractivity contribution in [3.8, 4) is 0 Å². The Kier molecular flexibility index (Phi) is 5.48. The van der Waals surface area contributed by atoms with Gasteiger partial charge in [0.05, 0.1) is 0 Å². The lowest BCUT2D eigenvalue weighted by atomic mass is 10.1. The fourth-order valence-corrected chi connectivity index (χ4v) is 2.99. The molecule has 0 radical (unpaired) electrons. The molecule has 2 aromatic rings. The van der Waals surface area contributed by atoms with Crippen LogP contribution in [0.4, 0.5) is 5.13 Å². The van der Waals surface area contributed by atoms with Crippen molar-refractivity contribution >= 4 is 27.4 Å². The number of carbonyl (C=O) groups is 1. The summed E-state index contributed by atoms with van der Waals surface area (Å²) in [5.41, 5.74) is 0.502. The molecule has 0 spiro atoms. The van der Waals surface area contributed by atoms with Crippen molar-refractivity contribution in [2.45, 2.75) is 52.0 Å². The van der Waals surface area contributed by atoms with E-state index < -0.39 is 12.0 Å². The van der Waals surface area contributed by atoms with Gasteiger partial charge in [-0.2, -0.15) is 4.52 Å². The molecule has 0 saturated heterocycles. The van der Waals surface area contributed by atoms with Crippen molar-refractivity contribution in [3.63, 3.8) is 0 Å². The normalized spacial score (nSPS) is 12.5. The van der Waals surface area contributed by atoms with Crippen molar-refractivity contribution in [2.24, 2.45) is 0 Å². The van der Waals surface area contributed by atoms with Gasteiger partial charge < -0.3 is 10.4 Å². The minimum Gasteiger partial charge on any atom is -0.480 e. The van der Waals surface area contributed by atoms with Crippen molar-refractivity contribution in [1.82, 2.24) is 14.6 Å². The Morgan fingerprint density at radius 1 is 1.45 bits per heavy atom. The van der Waals surface area contributed by atoms with Crippen LogP contribution in [0.1, 0.15) is 45.2 Å². The first kappa shape index (κ1) is 16.4. The van der Waals surface area contributed by atoms with Crippen LogP contribution in [0.3, 0.4) is 0 Å². The molecule has 0 fully saturated rings. The Morgan fingerprint density at radius 3 is 2.86 bits per heavy atom. The number of aliphatic carboxylic acids is 1. The largest absolute Gasteiger partial charge is 0.480 e. The van der Waals surface area contributed by atoms with E-state index >= 15 is 0 Å². The third-order valence-electron chi connectivity index (χ3n) is 3.25. The molecule has 0 saturated carbocycles. The molecule has 8 heteroatoms. The fourth-order valence-electron chi connectivity index (χ4n) is 2.11. The molecular formula is C14H20N4O3S. The molecular weight excluding hydrogens is 304 g/mol. The van der Waals surface area contributed by atoms with Gasteiger partial charge in [-0.15, -0.1) is 5.10 Å². The van der Waals surface area contributed by atoms with Crippen LogP contribution < -0.4 is 10.9 Å². The molecule has 0 unspecified atom stereocenters. The Bertz CT molecular complexity index is 710. The van der Waals surface area contributed by atoms with Gasteiger partial charge in [0.25, 0.3) is 5.56 Å². The lowest BCUT2D eigenvalue weighted by Crippen LogP contribution is -2.29. The van der Waals surface area contributed by atoms with Gasteiger partial charge in [-0.05, 0) is 12.8 Å². The number of hydrogen-bond acceptors (Lipinski definition) is 6. The molecule has 2 rings (SSSR count). The van der Waals surface area contributed by atoms with Crippen molar-refractivity contribution < 1.29 is 9.90 Å². The number of aromatic nitrogens is 3. The summed E-state index contributed by atoms with van der Waals surface area (Å²) >= 11 is 1.20. The smallest absolute Gasteiger partial charge is 0.326 e. The van der Waals surface area contributed by atoms with Gasteiger partial charge in [0.1, 0.15) is 6.04 Å². The summed E-state index contributed by atoms with van der Waals surface area (Å²) in [7, 11) is 0. The molecule has 0 bridgehead atoms. The van der Waals surface area contributed by atoms with Gasteiger partial charge in [0, 0.05) is 11.8 Å². The van der Waals surface area contributed by atoms with Crippen LogP contribution in [0.25, 0.3) is 4.96 Å². The minimum atomic E-state index is -0.917. The molecule has 2 N–H and O–H groups in total. The molecule has 22 heavy (non-hydrogen) atoms. The Morgan fingerprint density at radius 2 is 2.23 bits per heavy atom. The summed E-state index contributed by atoms with van der Waals surface area (Å²) in [6.07, 6.45) is 3.90. The summed E-state index contributed by atoms with van der Waals surface area (Å²) in [5, 5.41) is 16.7.